The van der Waals surface area contributed by atoms with Crippen molar-refractivity contribution in [2.24, 2.45) is 0 Å². The van der Waals surface area contributed by atoms with Gasteiger partial charge in [-0.3, -0.25) is 4.79 Å². The number of amides is 1. The summed E-state index contributed by atoms with van der Waals surface area (Å²) >= 11 is 5.00. The molecule has 1 aromatic carbocycles. The summed E-state index contributed by atoms with van der Waals surface area (Å²) in [6, 6.07) is 6.10. The molecular formula is C12H16BrNOS. The Balaban J connectivity index is 2.45. The van der Waals surface area contributed by atoms with Gasteiger partial charge in [0.25, 0.3) is 0 Å². The van der Waals surface area contributed by atoms with Gasteiger partial charge >= 0.3 is 0 Å². The summed E-state index contributed by atoms with van der Waals surface area (Å²) in [7, 11) is 0. The standard InChI is InChI=1S/C12H16BrNOS/c1-3-6-14-12(15)8-16-11-5-4-10(13)7-9(11)2/h4-5,7H,3,6,8H2,1-2H3,(H,14,15). The van der Waals surface area contributed by atoms with E-state index in [1.807, 2.05) is 19.1 Å². The minimum Gasteiger partial charge on any atom is -0.355 e. The summed E-state index contributed by atoms with van der Waals surface area (Å²) in [5, 5.41) is 2.86. The number of halogens is 1. The molecule has 0 fully saturated rings. The molecule has 0 heterocycles. The Morgan fingerprint density at radius 2 is 2.25 bits per heavy atom. The first-order valence-corrected chi connectivity index (χ1v) is 7.07. The van der Waals surface area contributed by atoms with E-state index in [1.54, 1.807) is 11.8 Å². The first-order valence-electron chi connectivity index (χ1n) is 5.29. The number of hydrogen-bond donors (Lipinski definition) is 1. The first kappa shape index (κ1) is 13.6. The molecule has 88 valence electrons. The van der Waals surface area contributed by atoms with Gasteiger partial charge in [0.05, 0.1) is 5.75 Å². The molecule has 0 unspecified atom stereocenters. The van der Waals surface area contributed by atoms with Crippen molar-refractivity contribution >= 4 is 33.6 Å². The van der Waals surface area contributed by atoms with Crippen molar-refractivity contribution in [3.05, 3.63) is 28.2 Å². The summed E-state index contributed by atoms with van der Waals surface area (Å²) in [5.74, 6) is 0.594. The molecule has 0 aliphatic heterocycles. The molecule has 0 atom stereocenters. The van der Waals surface area contributed by atoms with E-state index in [1.165, 1.54) is 5.56 Å². The molecule has 0 aliphatic rings. The number of rotatable bonds is 5. The Kier molecular flexibility index (Phi) is 5.91. The van der Waals surface area contributed by atoms with Crippen molar-refractivity contribution in [1.82, 2.24) is 5.32 Å². The van der Waals surface area contributed by atoms with Crippen molar-refractivity contribution in [3.8, 4) is 0 Å². The number of nitrogens with one attached hydrogen (secondary N) is 1. The summed E-state index contributed by atoms with van der Waals surface area (Å²) in [5.41, 5.74) is 1.20. The minimum absolute atomic E-state index is 0.106. The zero-order valence-corrected chi connectivity index (χ0v) is 12.0. The second kappa shape index (κ2) is 6.97. The number of thioether (sulfide) groups is 1. The van der Waals surface area contributed by atoms with Gasteiger partial charge < -0.3 is 5.32 Å². The van der Waals surface area contributed by atoms with Gasteiger partial charge in [0.1, 0.15) is 0 Å². The van der Waals surface area contributed by atoms with E-state index in [9.17, 15) is 4.79 Å². The molecule has 0 aromatic heterocycles. The highest BCUT2D eigenvalue weighted by Gasteiger charge is 2.04. The normalized spacial score (nSPS) is 10.2. The Morgan fingerprint density at radius 3 is 2.88 bits per heavy atom. The molecule has 0 saturated carbocycles. The van der Waals surface area contributed by atoms with Gasteiger partial charge in [-0.15, -0.1) is 11.8 Å². The van der Waals surface area contributed by atoms with Gasteiger partial charge in [-0.05, 0) is 37.1 Å². The second-order valence-corrected chi connectivity index (χ2v) is 5.48. The van der Waals surface area contributed by atoms with Crippen LogP contribution in [0.25, 0.3) is 0 Å². The van der Waals surface area contributed by atoms with Crippen molar-refractivity contribution < 1.29 is 4.79 Å². The number of aryl methyl sites for hydroxylation is 1. The van der Waals surface area contributed by atoms with Crippen LogP contribution in [-0.2, 0) is 4.79 Å². The Labute approximate surface area is 109 Å². The average molecular weight is 302 g/mol. The van der Waals surface area contributed by atoms with Crippen molar-refractivity contribution in [3.63, 3.8) is 0 Å². The van der Waals surface area contributed by atoms with Crippen molar-refractivity contribution in [2.45, 2.75) is 25.2 Å². The SMILES string of the molecule is CCCNC(=O)CSc1ccc(Br)cc1C. The number of carbonyl (C=O) groups is 1. The first-order chi connectivity index (χ1) is 7.63. The molecule has 0 bridgehead atoms. The number of carbonyl (C=O) groups excluding carboxylic acids is 1. The third-order valence-electron chi connectivity index (χ3n) is 2.07. The van der Waals surface area contributed by atoms with Gasteiger partial charge in [0.2, 0.25) is 5.91 Å². The molecule has 0 aliphatic carbocycles. The van der Waals surface area contributed by atoms with E-state index in [0.717, 1.165) is 22.3 Å². The van der Waals surface area contributed by atoms with Crippen LogP contribution in [0, 0.1) is 6.92 Å². The molecule has 1 aromatic rings. The van der Waals surface area contributed by atoms with E-state index in [0.29, 0.717) is 5.75 Å². The topological polar surface area (TPSA) is 29.1 Å². The van der Waals surface area contributed by atoms with Gasteiger partial charge in [-0.1, -0.05) is 22.9 Å². The van der Waals surface area contributed by atoms with E-state index >= 15 is 0 Å². The fourth-order valence-corrected chi connectivity index (χ4v) is 2.55. The van der Waals surface area contributed by atoms with Gasteiger partial charge in [0.15, 0.2) is 0 Å². The lowest BCUT2D eigenvalue weighted by Gasteiger charge is -2.06. The molecule has 0 spiro atoms. The third kappa shape index (κ3) is 4.58. The zero-order valence-electron chi connectivity index (χ0n) is 9.55. The summed E-state index contributed by atoms with van der Waals surface area (Å²) < 4.78 is 1.07. The summed E-state index contributed by atoms with van der Waals surface area (Å²) in [6.45, 7) is 4.86. The van der Waals surface area contributed by atoms with E-state index in [-0.39, 0.29) is 5.91 Å². The summed E-state index contributed by atoms with van der Waals surface area (Å²) in [4.78, 5) is 12.6. The van der Waals surface area contributed by atoms with Crippen LogP contribution in [0.3, 0.4) is 0 Å². The van der Waals surface area contributed by atoms with Crippen molar-refractivity contribution in [2.75, 3.05) is 12.3 Å². The Bertz CT molecular complexity index is 368. The maximum atomic E-state index is 11.4. The van der Waals surface area contributed by atoms with Gasteiger partial charge in [-0.2, -0.15) is 0 Å². The highest BCUT2D eigenvalue weighted by atomic mass is 79.9. The monoisotopic (exact) mass is 301 g/mol. The fourth-order valence-electron chi connectivity index (χ4n) is 1.23. The van der Waals surface area contributed by atoms with Crippen LogP contribution in [0.15, 0.2) is 27.6 Å². The average Bonchev–Trinajstić information content (AvgIpc) is 2.25. The second-order valence-electron chi connectivity index (χ2n) is 3.55. The summed E-state index contributed by atoms with van der Waals surface area (Å²) in [6.07, 6.45) is 0.980. The minimum atomic E-state index is 0.106. The number of hydrogen-bond acceptors (Lipinski definition) is 2. The largest absolute Gasteiger partial charge is 0.355 e. The lowest BCUT2D eigenvalue weighted by Crippen LogP contribution is -2.25. The maximum Gasteiger partial charge on any atom is 0.230 e. The van der Waals surface area contributed by atoms with Crippen LogP contribution in [-0.4, -0.2) is 18.2 Å². The molecule has 1 N–H and O–H groups in total. The Hall–Kier alpha value is -0.480. The van der Waals surface area contributed by atoms with E-state index in [4.69, 9.17) is 0 Å². The zero-order chi connectivity index (χ0) is 12.0. The molecule has 1 rings (SSSR count). The molecule has 16 heavy (non-hydrogen) atoms. The molecule has 1 amide bonds. The van der Waals surface area contributed by atoms with E-state index < -0.39 is 0 Å². The van der Waals surface area contributed by atoms with Crippen LogP contribution in [0.5, 0.6) is 0 Å². The van der Waals surface area contributed by atoms with Gasteiger partial charge in [0, 0.05) is 15.9 Å². The van der Waals surface area contributed by atoms with Crippen molar-refractivity contribution in [1.29, 1.82) is 0 Å². The van der Waals surface area contributed by atoms with E-state index in [2.05, 4.69) is 34.2 Å². The van der Waals surface area contributed by atoms with Crippen LogP contribution in [0.4, 0.5) is 0 Å². The molecule has 4 heteroatoms. The lowest BCUT2D eigenvalue weighted by atomic mass is 10.2. The molecule has 0 radical (unpaired) electrons. The number of benzene rings is 1. The maximum absolute atomic E-state index is 11.4. The van der Waals surface area contributed by atoms with Gasteiger partial charge in [-0.25, -0.2) is 0 Å². The predicted molar refractivity (Wildman–Crippen MR) is 72.9 cm³/mol. The van der Waals surface area contributed by atoms with Crippen LogP contribution in [0.1, 0.15) is 18.9 Å². The smallest absolute Gasteiger partial charge is 0.230 e. The van der Waals surface area contributed by atoms with Crippen LogP contribution < -0.4 is 5.32 Å². The van der Waals surface area contributed by atoms with Crippen LogP contribution >= 0.6 is 27.7 Å². The predicted octanol–water partition coefficient (Wildman–Crippen LogP) is 3.38. The highest BCUT2D eigenvalue weighted by Crippen LogP contribution is 2.24. The molecule has 0 saturated heterocycles. The molecular weight excluding hydrogens is 286 g/mol. The van der Waals surface area contributed by atoms with Crippen LogP contribution in [0.2, 0.25) is 0 Å². The third-order valence-corrected chi connectivity index (χ3v) is 3.74. The highest BCUT2D eigenvalue weighted by molar-refractivity contribution is 9.10. The lowest BCUT2D eigenvalue weighted by molar-refractivity contribution is -0.118. The molecule has 2 nitrogen and oxygen atoms in total. The quantitative estimate of drug-likeness (QED) is 0.845. The Morgan fingerprint density at radius 1 is 1.50 bits per heavy atom. The fraction of sp³-hybridized carbons (Fsp3) is 0.417.